The minimum Gasteiger partial charge on any atom is -0.326 e. The maximum atomic E-state index is 11.8. The molecule has 1 aliphatic carbocycles. The van der Waals surface area contributed by atoms with Crippen LogP contribution in [0.25, 0.3) is 0 Å². The number of halogens is 1. The number of aryl methyl sites for hydroxylation is 1. The van der Waals surface area contributed by atoms with Crippen LogP contribution in [0.5, 0.6) is 0 Å². The third-order valence-electron chi connectivity index (χ3n) is 3.70. The molecule has 21 heavy (non-hydrogen) atoms. The normalized spacial score (nSPS) is 16.5. The zero-order chi connectivity index (χ0) is 13.9. The molecule has 6 heteroatoms. The monoisotopic (exact) mass is 309 g/mol. The first-order valence-electron chi connectivity index (χ1n) is 7.14. The lowest BCUT2D eigenvalue weighted by Crippen LogP contribution is -2.29. The molecule has 0 atom stereocenters. The van der Waals surface area contributed by atoms with E-state index in [0.29, 0.717) is 13.0 Å². The SMILES string of the molecule is Cl.O=C(CNCC1CC1)Nc1ccc2c(c1)CCC(=O)N2. The summed E-state index contributed by atoms with van der Waals surface area (Å²) in [7, 11) is 0. The van der Waals surface area contributed by atoms with Gasteiger partial charge in [0, 0.05) is 17.8 Å². The van der Waals surface area contributed by atoms with Crippen LogP contribution < -0.4 is 16.0 Å². The van der Waals surface area contributed by atoms with Crippen LogP contribution in [-0.4, -0.2) is 24.9 Å². The molecule has 1 heterocycles. The van der Waals surface area contributed by atoms with Crippen LogP contribution in [0.3, 0.4) is 0 Å². The summed E-state index contributed by atoms with van der Waals surface area (Å²) in [6.07, 6.45) is 3.80. The summed E-state index contributed by atoms with van der Waals surface area (Å²) in [5.41, 5.74) is 2.72. The number of hydrogen-bond acceptors (Lipinski definition) is 3. The van der Waals surface area contributed by atoms with Crippen LogP contribution in [0.4, 0.5) is 11.4 Å². The van der Waals surface area contributed by atoms with E-state index in [1.165, 1.54) is 12.8 Å². The lowest BCUT2D eigenvalue weighted by atomic mass is 10.0. The van der Waals surface area contributed by atoms with E-state index < -0.39 is 0 Å². The van der Waals surface area contributed by atoms with Crippen molar-refractivity contribution in [2.24, 2.45) is 5.92 Å². The summed E-state index contributed by atoms with van der Waals surface area (Å²) >= 11 is 0. The molecular formula is C15H20ClN3O2. The molecule has 0 unspecified atom stereocenters. The van der Waals surface area contributed by atoms with E-state index in [9.17, 15) is 9.59 Å². The Morgan fingerprint density at radius 1 is 1.29 bits per heavy atom. The van der Waals surface area contributed by atoms with Crippen molar-refractivity contribution in [2.45, 2.75) is 25.7 Å². The highest BCUT2D eigenvalue weighted by Gasteiger charge is 2.20. The lowest BCUT2D eigenvalue weighted by Gasteiger charge is -2.17. The molecule has 0 radical (unpaired) electrons. The summed E-state index contributed by atoms with van der Waals surface area (Å²) in [6.45, 7) is 1.29. The molecule has 0 bridgehead atoms. The number of rotatable bonds is 5. The molecule has 3 rings (SSSR count). The van der Waals surface area contributed by atoms with Crippen LogP contribution in [0.1, 0.15) is 24.8 Å². The van der Waals surface area contributed by atoms with E-state index in [1.807, 2.05) is 18.2 Å². The van der Waals surface area contributed by atoms with Crippen LogP contribution in [0, 0.1) is 5.92 Å². The number of anilines is 2. The van der Waals surface area contributed by atoms with E-state index in [0.717, 1.165) is 35.8 Å². The third-order valence-corrected chi connectivity index (χ3v) is 3.70. The smallest absolute Gasteiger partial charge is 0.238 e. The zero-order valence-corrected chi connectivity index (χ0v) is 12.6. The van der Waals surface area contributed by atoms with Gasteiger partial charge < -0.3 is 16.0 Å². The number of carbonyl (C=O) groups excluding carboxylic acids is 2. The average molecular weight is 310 g/mol. The summed E-state index contributed by atoms with van der Waals surface area (Å²) < 4.78 is 0. The van der Waals surface area contributed by atoms with E-state index >= 15 is 0 Å². The second kappa shape index (κ2) is 6.91. The number of benzene rings is 1. The van der Waals surface area contributed by atoms with Crippen molar-refractivity contribution in [2.75, 3.05) is 23.7 Å². The number of hydrogen-bond donors (Lipinski definition) is 3. The topological polar surface area (TPSA) is 70.2 Å². The molecule has 1 aliphatic heterocycles. The van der Waals surface area contributed by atoms with Crippen molar-refractivity contribution in [1.82, 2.24) is 5.32 Å². The van der Waals surface area contributed by atoms with Crippen LogP contribution in [-0.2, 0) is 16.0 Å². The van der Waals surface area contributed by atoms with Crippen LogP contribution in [0.15, 0.2) is 18.2 Å². The Morgan fingerprint density at radius 3 is 2.86 bits per heavy atom. The van der Waals surface area contributed by atoms with Gasteiger partial charge in [-0.3, -0.25) is 9.59 Å². The molecule has 2 aliphatic rings. The Labute approximate surface area is 130 Å². The average Bonchev–Trinajstić information content (AvgIpc) is 3.23. The Morgan fingerprint density at radius 2 is 2.10 bits per heavy atom. The maximum absolute atomic E-state index is 11.8. The molecule has 0 aromatic heterocycles. The number of nitrogens with one attached hydrogen (secondary N) is 3. The number of amides is 2. The molecule has 2 amide bonds. The first kappa shape index (κ1) is 15.8. The molecule has 3 N–H and O–H groups in total. The molecule has 1 fully saturated rings. The Balaban J connectivity index is 0.00000161. The molecule has 1 aromatic carbocycles. The van der Waals surface area contributed by atoms with E-state index in [1.54, 1.807) is 0 Å². The highest BCUT2D eigenvalue weighted by molar-refractivity contribution is 5.96. The van der Waals surface area contributed by atoms with Gasteiger partial charge in [-0.1, -0.05) is 0 Å². The van der Waals surface area contributed by atoms with Crippen LogP contribution >= 0.6 is 12.4 Å². The van der Waals surface area contributed by atoms with Crippen molar-refractivity contribution in [3.05, 3.63) is 23.8 Å². The zero-order valence-electron chi connectivity index (χ0n) is 11.8. The minimum absolute atomic E-state index is 0. The molecular weight excluding hydrogens is 290 g/mol. The Kier molecular flexibility index (Phi) is 5.20. The summed E-state index contributed by atoms with van der Waals surface area (Å²) in [5, 5.41) is 8.88. The molecule has 1 saturated carbocycles. The van der Waals surface area contributed by atoms with Crippen molar-refractivity contribution in [3.8, 4) is 0 Å². The molecule has 0 spiro atoms. The predicted molar refractivity (Wildman–Crippen MR) is 84.9 cm³/mol. The summed E-state index contributed by atoms with van der Waals surface area (Å²) in [6, 6.07) is 5.61. The van der Waals surface area contributed by atoms with Gasteiger partial charge in [0.25, 0.3) is 0 Å². The van der Waals surface area contributed by atoms with Crippen molar-refractivity contribution in [3.63, 3.8) is 0 Å². The molecule has 0 saturated heterocycles. The maximum Gasteiger partial charge on any atom is 0.238 e. The lowest BCUT2D eigenvalue weighted by molar-refractivity contribution is -0.116. The molecule has 5 nitrogen and oxygen atoms in total. The predicted octanol–water partition coefficient (Wildman–Crippen LogP) is 1.93. The highest BCUT2D eigenvalue weighted by Crippen LogP contribution is 2.27. The van der Waals surface area contributed by atoms with Gasteiger partial charge in [0.2, 0.25) is 11.8 Å². The fourth-order valence-corrected chi connectivity index (χ4v) is 2.38. The van der Waals surface area contributed by atoms with Gasteiger partial charge in [-0.15, -0.1) is 12.4 Å². The van der Waals surface area contributed by atoms with Gasteiger partial charge in [-0.2, -0.15) is 0 Å². The fraction of sp³-hybridized carbons (Fsp3) is 0.467. The van der Waals surface area contributed by atoms with E-state index in [-0.39, 0.29) is 24.2 Å². The van der Waals surface area contributed by atoms with Gasteiger partial charge >= 0.3 is 0 Å². The Bertz CT molecular complexity index is 544. The molecule has 1 aromatic rings. The van der Waals surface area contributed by atoms with Gasteiger partial charge in [0.1, 0.15) is 0 Å². The number of carbonyl (C=O) groups is 2. The summed E-state index contributed by atoms with van der Waals surface area (Å²) in [5.74, 6) is 0.805. The second-order valence-electron chi connectivity index (χ2n) is 5.54. The van der Waals surface area contributed by atoms with Gasteiger partial charge in [0.05, 0.1) is 6.54 Å². The van der Waals surface area contributed by atoms with Crippen molar-refractivity contribution >= 4 is 35.6 Å². The first-order chi connectivity index (χ1) is 9.70. The largest absolute Gasteiger partial charge is 0.326 e. The molecule has 114 valence electrons. The second-order valence-corrected chi connectivity index (χ2v) is 5.54. The quantitative estimate of drug-likeness (QED) is 0.778. The summed E-state index contributed by atoms with van der Waals surface area (Å²) in [4.78, 5) is 23.1. The van der Waals surface area contributed by atoms with Crippen molar-refractivity contribution < 1.29 is 9.59 Å². The van der Waals surface area contributed by atoms with E-state index in [2.05, 4.69) is 16.0 Å². The highest BCUT2D eigenvalue weighted by atomic mass is 35.5. The third kappa shape index (κ3) is 4.44. The Hall–Kier alpha value is -1.59. The fourth-order valence-electron chi connectivity index (χ4n) is 2.38. The van der Waals surface area contributed by atoms with Gasteiger partial charge in [0.15, 0.2) is 0 Å². The van der Waals surface area contributed by atoms with Gasteiger partial charge in [-0.05, 0) is 55.5 Å². The first-order valence-corrected chi connectivity index (χ1v) is 7.14. The van der Waals surface area contributed by atoms with Gasteiger partial charge in [-0.25, -0.2) is 0 Å². The van der Waals surface area contributed by atoms with Crippen LogP contribution in [0.2, 0.25) is 0 Å². The number of fused-ring (bicyclic) bond motifs is 1. The van der Waals surface area contributed by atoms with E-state index in [4.69, 9.17) is 0 Å². The van der Waals surface area contributed by atoms with Crippen molar-refractivity contribution in [1.29, 1.82) is 0 Å². The standard InChI is InChI=1S/C15H19N3O2.ClH/c19-14-6-3-11-7-12(4-5-13(11)18-14)17-15(20)9-16-8-10-1-2-10;/h4-5,7,10,16H,1-3,6,8-9H2,(H,17,20)(H,18,19);1H. The minimum atomic E-state index is -0.0227.